The van der Waals surface area contributed by atoms with Crippen molar-refractivity contribution in [3.63, 3.8) is 0 Å². The van der Waals surface area contributed by atoms with Crippen LogP contribution in [0.1, 0.15) is 19.4 Å². The fraction of sp³-hybridized carbons (Fsp3) is 0.167. The SMILES string of the molecule is CC.Cc1ccccc1-c1cc(=O)oc2cc(Br)ccc12. The molecule has 0 aliphatic rings. The maximum absolute atomic E-state index is 11.7. The Morgan fingerprint density at radius 3 is 2.38 bits per heavy atom. The van der Waals surface area contributed by atoms with E-state index in [0.717, 1.165) is 26.5 Å². The maximum Gasteiger partial charge on any atom is 0.336 e. The van der Waals surface area contributed by atoms with E-state index in [2.05, 4.69) is 15.9 Å². The number of aryl methyl sites for hydroxylation is 1. The molecule has 2 nitrogen and oxygen atoms in total. The van der Waals surface area contributed by atoms with Gasteiger partial charge in [-0.25, -0.2) is 4.79 Å². The van der Waals surface area contributed by atoms with Crippen LogP contribution in [0.15, 0.2) is 62.2 Å². The number of fused-ring (bicyclic) bond motifs is 1. The van der Waals surface area contributed by atoms with Crippen LogP contribution < -0.4 is 5.63 Å². The van der Waals surface area contributed by atoms with Crippen LogP contribution in [0.4, 0.5) is 0 Å². The second kappa shape index (κ2) is 6.72. The molecule has 0 aliphatic carbocycles. The van der Waals surface area contributed by atoms with Gasteiger partial charge < -0.3 is 4.42 Å². The Labute approximate surface area is 132 Å². The lowest BCUT2D eigenvalue weighted by atomic mass is 9.98. The molecule has 0 unspecified atom stereocenters. The Kier molecular flexibility index (Phi) is 4.97. The minimum absolute atomic E-state index is 0.330. The molecule has 0 N–H and O–H groups in total. The van der Waals surface area contributed by atoms with Crippen LogP contribution in [0.5, 0.6) is 0 Å². The van der Waals surface area contributed by atoms with Crippen LogP contribution in [0.25, 0.3) is 22.1 Å². The average Bonchev–Trinajstić information content (AvgIpc) is 2.48. The lowest BCUT2D eigenvalue weighted by Crippen LogP contribution is -1.98. The summed E-state index contributed by atoms with van der Waals surface area (Å²) in [5.41, 5.74) is 3.38. The molecular weight excluding hydrogens is 328 g/mol. The molecule has 3 heteroatoms. The van der Waals surface area contributed by atoms with Gasteiger partial charge in [0.05, 0.1) is 0 Å². The molecule has 2 aromatic carbocycles. The Hall–Kier alpha value is -1.87. The van der Waals surface area contributed by atoms with E-state index in [1.54, 1.807) is 6.07 Å². The Morgan fingerprint density at radius 2 is 1.67 bits per heavy atom. The zero-order valence-electron chi connectivity index (χ0n) is 12.3. The predicted octanol–water partition coefficient (Wildman–Crippen LogP) is 5.56. The van der Waals surface area contributed by atoms with Gasteiger partial charge in [0.15, 0.2) is 0 Å². The molecule has 21 heavy (non-hydrogen) atoms. The Bertz CT molecular complexity index is 819. The molecule has 0 saturated heterocycles. The quantitative estimate of drug-likeness (QED) is 0.541. The van der Waals surface area contributed by atoms with Crippen molar-refractivity contribution in [2.75, 3.05) is 0 Å². The topological polar surface area (TPSA) is 30.2 Å². The van der Waals surface area contributed by atoms with Crippen molar-refractivity contribution >= 4 is 26.9 Å². The number of hydrogen-bond donors (Lipinski definition) is 0. The smallest absolute Gasteiger partial charge is 0.336 e. The van der Waals surface area contributed by atoms with Gasteiger partial charge in [-0.15, -0.1) is 0 Å². The summed E-state index contributed by atoms with van der Waals surface area (Å²) in [4.78, 5) is 11.7. The van der Waals surface area contributed by atoms with Crippen LogP contribution in [-0.4, -0.2) is 0 Å². The van der Waals surface area contributed by atoms with Crippen molar-refractivity contribution in [1.29, 1.82) is 0 Å². The molecule has 3 aromatic rings. The molecule has 1 aromatic heterocycles. The second-order valence-electron chi connectivity index (χ2n) is 4.43. The van der Waals surface area contributed by atoms with Crippen LogP contribution >= 0.6 is 15.9 Å². The Morgan fingerprint density at radius 1 is 0.952 bits per heavy atom. The van der Waals surface area contributed by atoms with Crippen LogP contribution in [0, 0.1) is 6.92 Å². The van der Waals surface area contributed by atoms with Crippen LogP contribution in [-0.2, 0) is 0 Å². The predicted molar refractivity (Wildman–Crippen MR) is 91.7 cm³/mol. The van der Waals surface area contributed by atoms with Crippen molar-refractivity contribution in [1.82, 2.24) is 0 Å². The van der Waals surface area contributed by atoms with E-state index >= 15 is 0 Å². The third-order valence-corrected chi connectivity index (χ3v) is 3.64. The highest BCUT2D eigenvalue weighted by Crippen LogP contribution is 2.30. The zero-order chi connectivity index (χ0) is 15.4. The molecule has 0 aliphatic heterocycles. The minimum atomic E-state index is -0.330. The summed E-state index contributed by atoms with van der Waals surface area (Å²) in [5.74, 6) is 0. The number of hydrogen-bond acceptors (Lipinski definition) is 2. The number of halogens is 1. The normalized spacial score (nSPS) is 10.1. The van der Waals surface area contributed by atoms with Gasteiger partial charge in [0, 0.05) is 21.5 Å². The third kappa shape index (κ3) is 3.24. The van der Waals surface area contributed by atoms with E-state index in [0.29, 0.717) is 5.58 Å². The molecule has 0 spiro atoms. The van der Waals surface area contributed by atoms with Crippen molar-refractivity contribution in [3.05, 3.63) is 69.0 Å². The lowest BCUT2D eigenvalue weighted by molar-refractivity contribution is 0.561. The van der Waals surface area contributed by atoms with Crippen molar-refractivity contribution < 1.29 is 4.42 Å². The van der Waals surface area contributed by atoms with Gasteiger partial charge in [0.2, 0.25) is 0 Å². The molecule has 3 rings (SSSR count). The molecule has 0 fully saturated rings. The van der Waals surface area contributed by atoms with Gasteiger partial charge >= 0.3 is 5.63 Å². The van der Waals surface area contributed by atoms with Gasteiger partial charge in [0.25, 0.3) is 0 Å². The standard InChI is InChI=1S/C16H11BrO2.C2H6/c1-10-4-2-3-5-12(10)14-9-16(18)19-15-8-11(17)6-7-13(14)15;1-2/h2-9H,1H3;1-2H3. The number of rotatable bonds is 1. The summed E-state index contributed by atoms with van der Waals surface area (Å²) < 4.78 is 6.15. The number of benzene rings is 2. The van der Waals surface area contributed by atoms with Crippen molar-refractivity contribution in [3.8, 4) is 11.1 Å². The first kappa shape index (κ1) is 15.5. The van der Waals surface area contributed by atoms with Gasteiger partial charge in [-0.1, -0.05) is 54.0 Å². The molecule has 1 heterocycles. The van der Waals surface area contributed by atoms with E-state index in [1.165, 1.54) is 0 Å². The lowest BCUT2D eigenvalue weighted by Gasteiger charge is -2.08. The van der Waals surface area contributed by atoms with E-state index in [1.807, 2.05) is 63.2 Å². The summed E-state index contributed by atoms with van der Waals surface area (Å²) >= 11 is 3.39. The first-order chi connectivity index (χ1) is 10.1. The monoisotopic (exact) mass is 344 g/mol. The van der Waals surface area contributed by atoms with Crippen molar-refractivity contribution in [2.45, 2.75) is 20.8 Å². The summed E-state index contributed by atoms with van der Waals surface area (Å²) in [5, 5.41) is 0.942. The van der Waals surface area contributed by atoms with Gasteiger partial charge in [-0.2, -0.15) is 0 Å². The highest BCUT2D eigenvalue weighted by Gasteiger charge is 2.09. The fourth-order valence-electron chi connectivity index (χ4n) is 2.23. The summed E-state index contributed by atoms with van der Waals surface area (Å²) in [7, 11) is 0. The molecule has 108 valence electrons. The molecule has 0 atom stereocenters. The van der Waals surface area contributed by atoms with Crippen molar-refractivity contribution in [2.24, 2.45) is 0 Å². The highest BCUT2D eigenvalue weighted by molar-refractivity contribution is 9.10. The van der Waals surface area contributed by atoms with E-state index in [9.17, 15) is 4.79 Å². The van der Waals surface area contributed by atoms with Gasteiger partial charge in [-0.3, -0.25) is 0 Å². The molecule has 0 saturated carbocycles. The first-order valence-electron chi connectivity index (χ1n) is 6.94. The van der Waals surface area contributed by atoms with Gasteiger partial charge in [0.1, 0.15) is 5.58 Å². The Balaban J connectivity index is 0.000000774. The third-order valence-electron chi connectivity index (χ3n) is 3.14. The fourth-order valence-corrected chi connectivity index (χ4v) is 2.57. The minimum Gasteiger partial charge on any atom is -0.423 e. The van der Waals surface area contributed by atoms with Crippen LogP contribution in [0.2, 0.25) is 0 Å². The van der Waals surface area contributed by atoms with E-state index in [4.69, 9.17) is 4.42 Å². The maximum atomic E-state index is 11.7. The van der Waals surface area contributed by atoms with E-state index < -0.39 is 0 Å². The van der Waals surface area contributed by atoms with E-state index in [-0.39, 0.29) is 5.63 Å². The largest absolute Gasteiger partial charge is 0.423 e. The first-order valence-corrected chi connectivity index (χ1v) is 7.74. The van der Waals surface area contributed by atoms with Crippen LogP contribution in [0.3, 0.4) is 0 Å². The summed E-state index contributed by atoms with van der Waals surface area (Å²) in [6.07, 6.45) is 0. The molecule has 0 bridgehead atoms. The molecule has 0 amide bonds. The van der Waals surface area contributed by atoms with Gasteiger partial charge in [-0.05, 0) is 36.2 Å². The average molecular weight is 345 g/mol. The highest BCUT2D eigenvalue weighted by atomic mass is 79.9. The molecule has 0 radical (unpaired) electrons. The summed E-state index contributed by atoms with van der Waals surface area (Å²) in [6, 6.07) is 15.3. The zero-order valence-corrected chi connectivity index (χ0v) is 13.9. The second-order valence-corrected chi connectivity index (χ2v) is 5.35. The molecular formula is C18H17BrO2. The summed E-state index contributed by atoms with van der Waals surface area (Å²) in [6.45, 7) is 6.04.